The van der Waals surface area contributed by atoms with Crippen LogP contribution in [0.3, 0.4) is 0 Å². The topological polar surface area (TPSA) is 38.7 Å². The minimum absolute atomic E-state index is 0.0771. The maximum Gasteiger partial charge on any atom is 0.498 e. The highest BCUT2D eigenvalue weighted by molar-refractivity contribution is 6.59. The number of rotatable bonds is 8. The van der Waals surface area contributed by atoms with Gasteiger partial charge in [-0.05, 0) is 38.3 Å². The predicted molar refractivity (Wildman–Crippen MR) is 70.7 cm³/mol. The van der Waals surface area contributed by atoms with Gasteiger partial charge in [0.25, 0.3) is 0 Å². The molecule has 1 rings (SSSR count). The Kier molecular flexibility index (Phi) is 6.67. The molecule has 7 heteroatoms. The molecular formula is C13H19F3O3Si. The summed E-state index contributed by atoms with van der Waals surface area (Å²) in [5, 5.41) is 0. The molecule has 1 N–H and O–H groups in total. The fourth-order valence-corrected chi connectivity index (χ4v) is 3.79. The average molecular weight is 308 g/mol. The van der Waals surface area contributed by atoms with E-state index in [1.807, 2.05) is 0 Å². The van der Waals surface area contributed by atoms with Crippen molar-refractivity contribution in [1.82, 2.24) is 0 Å². The van der Waals surface area contributed by atoms with E-state index in [2.05, 4.69) is 0 Å². The van der Waals surface area contributed by atoms with Crippen molar-refractivity contribution in [3.63, 3.8) is 0 Å². The fourth-order valence-electron chi connectivity index (χ4n) is 1.89. The van der Waals surface area contributed by atoms with Gasteiger partial charge in [-0.15, -0.1) is 0 Å². The van der Waals surface area contributed by atoms with Crippen LogP contribution in [0.15, 0.2) is 12.1 Å². The molecule has 114 valence electrons. The van der Waals surface area contributed by atoms with Crippen LogP contribution >= 0.6 is 0 Å². The van der Waals surface area contributed by atoms with Crippen LogP contribution in [-0.2, 0) is 15.3 Å². The largest absolute Gasteiger partial charge is 0.498 e. The Hall–Kier alpha value is -0.893. The Balaban J connectivity index is 2.61. The van der Waals surface area contributed by atoms with E-state index in [9.17, 15) is 18.0 Å². The lowest BCUT2D eigenvalue weighted by Crippen LogP contribution is -2.42. The third kappa shape index (κ3) is 4.90. The molecule has 0 atom stereocenters. The molecule has 0 saturated heterocycles. The molecular weight excluding hydrogens is 289 g/mol. The van der Waals surface area contributed by atoms with Gasteiger partial charge in [0.15, 0.2) is 11.6 Å². The van der Waals surface area contributed by atoms with Crippen molar-refractivity contribution in [2.75, 3.05) is 13.2 Å². The third-order valence-electron chi connectivity index (χ3n) is 2.77. The SMILES string of the molecule is CCO[Si](O)(CCCc1cc(F)c(F)cc1F)OCC. The molecule has 0 radical (unpaired) electrons. The summed E-state index contributed by atoms with van der Waals surface area (Å²) < 4.78 is 49.7. The molecule has 1 aromatic carbocycles. The highest BCUT2D eigenvalue weighted by atomic mass is 28.4. The van der Waals surface area contributed by atoms with Crippen molar-refractivity contribution in [3.8, 4) is 0 Å². The van der Waals surface area contributed by atoms with Crippen LogP contribution in [0.1, 0.15) is 25.8 Å². The Morgan fingerprint density at radius 2 is 1.55 bits per heavy atom. The first kappa shape index (κ1) is 17.2. The number of hydrogen-bond donors (Lipinski definition) is 1. The van der Waals surface area contributed by atoms with E-state index in [0.717, 1.165) is 6.07 Å². The van der Waals surface area contributed by atoms with Gasteiger partial charge >= 0.3 is 8.80 Å². The summed E-state index contributed by atoms with van der Waals surface area (Å²) in [7, 11) is -3.24. The van der Waals surface area contributed by atoms with Crippen molar-refractivity contribution in [2.24, 2.45) is 0 Å². The van der Waals surface area contributed by atoms with Crippen molar-refractivity contribution in [2.45, 2.75) is 32.7 Å². The van der Waals surface area contributed by atoms with Gasteiger partial charge in [-0.2, -0.15) is 0 Å². The standard InChI is InChI=1S/C13H19F3O3Si/c1-3-18-20(17,19-4-2)7-5-6-10-8-12(15)13(16)9-11(10)14/h8-9,17H,3-7H2,1-2H3. The van der Waals surface area contributed by atoms with Gasteiger partial charge in [-0.25, -0.2) is 13.2 Å². The summed E-state index contributed by atoms with van der Waals surface area (Å²) in [4.78, 5) is 10.1. The van der Waals surface area contributed by atoms with Crippen LogP contribution in [0.5, 0.6) is 0 Å². The van der Waals surface area contributed by atoms with E-state index in [1.165, 1.54) is 0 Å². The Morgan fingerprint density at radius 3 is 2.10 bits per heavy atom. The predicted octanol–water partition coefficient (Wildman–Crippen LogP) is 3.04. The van der Waals surface area contributed by atoms with Gasteiger partial charge in [0.2, 0.25) is 0 Å². The molecule has 1 aromatic rings. The first-order valence-electron chi connectivity index (χ1n) is 6.55. The summed E-state index contributed by atoms with van der Waals surface area (Å²) >= 11 is 0. The number of halogens is 3. The summed E-state index contributed by atoms with van der Waals surface area (Å²) in [5.41, 5.74) is 0.0771. The lowest BCUT2D eigenvalue weighted by atomic mass is 10.1. The molecule has 3 nitrogen and oxygen atoms in total. The van der Waals surface area contributed by atoms with Crippen LogP contribution in [0, 0.1) is 17.5 Å². The minimum atomic E-state index is -3.24. The minimum Gasteiger partial charge on any atom is -0.390 e. The van der Waals surface area contributed by atoms with Gasteiger partial charge < -0.3 is 13.6 Å². The second-order valence-electron chi connectivity index (χ2n) is 4.29. The van der Waals surface area contributed by atoms with Crippen molar-refractivity contribution < 1.29 is 26.8 Å². The zero-order valence-corrected chi connectivity index (χ0v) is 12.6. The van der Waals surface area contributed by atoms with E-state index in [-0.39, 0.29) is 18.0 Å². The lowest BCUT2D eigenvalue weighted by Gasteiger charge is -2.22. The molecule has 20 heavy (non-hydrogen) atoms. The number of benzene rings is 1. The normalized spacial score (nSPS) is 11.9. The van der Waals surface area contributed by atoms with Crippen molar-refractivity contribution in [1.29, 1.82) is 0 Å². The summed E-state index contributed by atoms with van der Waals surface area (Å²) in [6.45, 7) is 4.13. The van der Waals surface area contributed by atoms with E-state index in [1.54, 1.807) is 13.8 Å². The average Bonchev–Trinajstić information content (AvgIpc) is 2.36. The maximum absolute atomic E-state index is 13.4. The molecule has 0 spiro atoms. The third-order valence-corrected chi connectivity index (χ3v) is 5.23. The highest BCUT2D eigenvalue weighted by Gasteiger charge is 2.35. The molecule has 0 heterocycles. The Morgan fingerprint density at radius 1 is 1.00 bits per heavy atom. The second-order valence-corrected chi connectivity index (χ2v) is 6.79. The molecule has 0 fully saturated rings. The summed E-state index contributed by atoms with van der Waals surface area (Å²) in [6.07, 6.45) is 0.545. The second kappa shape index (κ2) is 7.77. The van der Waals surface area contributed by atoms with Crippen molar-refractivity contribution >= 4 is 8.80 Å². The van der Waals surface area contributed by atoms with Crippen LogP contribution < -0.4 is 0 Å². The number of aryl methyl sites for hydroxylation is 1. The van der Waals surface area contributed by atoms with Crippen molar-refractivity contribution in [3.05, 3.63) is 35.1 Å². The van der Waals surface area contributed by atoms with Gasteiger partial charge in [0.1, 0.15) is 5.82 Å². The van der Waals surface area contributed by atoms with Gasteiger partial charge in [0, 0.05) is 25.3 Å². The highest BCUT2D eigenvalue weighted by Crippen LogP contribution is 2.19. The van der Waals surface area contributed by atoms with Gasteiger partial charge in [-0.3, -0.25) is 0 Å². The summed E-state index contributed by atoms with van der Waals surface area (Å²) in [6, 6.07) is 1.61. The lowest BCUT2D eigenvalue weighted by molar-refractivity contribution is 0.108. The molecule has 0 aliphatic carbocycles. The van der Waals surface area contributed by atoms with Crippen LogP contribution in [0.25, 0.3) is 0 Å². The van der Waals surface area contributed by atoms with E-state index < -0.39 is 26.3 Å². The number of hydrogen-bond acceptors (Lipinski definition) is 3. The van der Waals surface area contributed by atoms with Crippen LogP contribution in [0.4, 0.5) is 13.2 Å². The van der Waals surface area contributed by atoms with Crippen LogP contribution in [0.2, 0.25) is 6.04 Å². The first-order chi connectivity index (χ1) is 9.41. The smallest absolute Gasteiger partial charge is 0.390 e. The van der Waals surface area contributed by atoms with E-state index >= 15 is 0 Å². The molecule has 0 aliphatic rings. The monoisotopic (exact) mass is 308 g/mol. The first-order valence-corrected chi connectivity index (χ1v) is 8.52. The zero-order valence-electron chi connectivity index (χ0n) is 11.6. The van der Waals surface area contributed by atoms with Gasteiger partial charge in [0.05, 0.1) is 0 Å². The molecule has 0 amide bonds. The molecule has 0 bridgehead atoms. The molecule has 0 aliphatic heterocycles. The zero-order chi connectivity index (χ0) is 15.2. The van der Waals surface area contributed by atoms with Crippen LogP contribution in [-0.4, -0.2) is 26.8 Å². The molecule has 0 unspecified atom stereocenters. The molecule has 0 saturated carbocycles. The van der Waals surface area contributed by atoms with E-state index in [4.69, 9.17) is 8.85 Å². The maximum atomic E-state index is 13.4. The van der Waals surface area contributed by atoms with E-state index in [0.29, 0.717) is 25.7 Å². The quantitative estimate of drug-likeness (QED) is 0.592. The summed E-state index contributed by atoms with van der Waals surface area (Å²) in [5.74, 6) is -3.08. The molecule has 0 aromatic heterocycles. The Bertz CT molecular complexity index is 437. The fraction of sp³-hybridized carbons (Fsp3) is 0.538. The van der Waals surface area contributed by atoms with Gasteiger partial charge in [-0.1, -0.05) is 0 Å². The Labute approximate surface area is 117 Å².